The summed E-state index contributed by atoms with van der Waals surface area (Å²) in [6.45, 7) is 17.4. The van der Waals surface area contributed by atoms with E-state index in [0.717, 1.165) is 11.1 Å². The molecular weight excluding hydrogens is 625 g/mol. The van der Waals surface area contributed by atoms with Crippen molar-refractivity contribution >= 4 is 75.8 Å². The number of rotatable bonds is 3. The Morgan fingerprint density at radius 1 is 0.346 bits per heavy atom. The van der Waals surface area contributed by atoms with Gasteiger partial charge in [-0.05, 0) is 183 Å². The third-order valence-electron chi connectivity index (χ3n) is 12.2. The smallest absolute Gasteiger partial charge is 0.00171 e. The molecular formula is C52H36. The fraction of sp³-hybridized carbons (Fsp3) is 0.0769. The van der Waals surface area contributed by atoms with Crippen molar-refractivity contribution < 1.29 is 0 Å². The molecule has 0 aliphatic heterocycles. The van der Waals surface area contributed by atoms with Gasteiger partial charge in [0.2, 0.25) is 0 Å². The Balaban J connectivity index is 1.31. The van der Waals surface area contributed by atoms with Crippen molar-refractivity contribution in [3.63, 3.8) is 0 Å². The Bertz CT molecular complexity index is 3230. The van der Waals surface area contributed by atoms with Gasteiger partial charge in [-0.15, -0.1) is 0 Å². The molecule has 9 aromatic rings. The lowest BCUT2D eigenvalue weighted by Crippen LogP contribution is -1.92. The third kappa shape index (κ3) is 3.62. The van der Waals surface area contributed by atoms with E-state index in [0.29, 0.717) is 0 Å². The van der Waals surface area contributed by atoms with Crippen molar-refractivity contribution in [3.05, 3.63) is 168 Å². The molecule has 0 saturated heterocycles. The van der Waals surface area contributed by atoms with Crippen LogP contribution in [0.5, 0.6) is 0 Å². The van der Waals surface area contributed by atoms with Gasteiger partial charge in [0.05, 0.1) is 0 Å². The highest BCUT2D eigenvalue weighted by atomic mass is 14.3. The molecule has 0 nitrogen and oxygen atoms in total. The van der Waals surface area contributed by atoms with Crippen LogP contribution in [0.15, 0.2) is 135 Å². The lowest BCUT2D eigenvalue weighted by molar-refractivity contribution is 1.38. The maximum absolute atomic E-state index is 4.22. The van der Waals surface area contributed by atoms with E-state index in [1.165, 1.54) is 131 Å². The van der Waals surface area contributed by atoms with Gasteiger partial charge in [0.1, 0.15) is 0 Å². The minimum atomic E-state index is 1.16. The number of hydrogen-bond acceptors (Lipinski definition) is 0. The Kier molecular flexibility index (Phi) is 5.77. The van der Waals surface area contributed by atoms with Crippen LogP contribution >= 0.6 is 0 Å². The summed E-state index contributed by atoms with van der Waals surface area (Å²) in [7, 11) is 0. The zero-order valence-corrected chi connectivity index (χ0v) is 30.0. The minimum absolute atomic E-state index is 1.16. The second-order valence-corrected chi connectivity index (χ2v) is 15.1. The molecule has 2 aliphatic carbocycles. The first-order valence-electron chi connectivity index (χ1n) is 18.3. The average molecular weight is 661 g/mol. The largest absolute Gasteiger partial charge is 0.0984 e. The van der Waals surface area contributed by atoms with Crippen molar-refractivity contribution in [2.45, 2.75) is 27.7 Å². The SMILES string of the molecule is C=CC1=C(C=C)c2cc3c4ccccc4c(-c4cc5c6ccc(C)c7c6c(cc5c5ccc(C)cc45)-c4cc(C)cc(C)c4-7)cc3c3cccc1c23. The zero-order valence-electron chi connectivity index (χ0n) is 30.0. The highest BCUT2D eigenvalue weighted by Crippen LogP contribution is 2.54. The van der Waals surface area contributed by atoms with Crippen LogP contribution in [0, 0.1) is 27.7 Å². The van der Waals surface area contributed by atoms with E-state index in [9.17, 15) is 0 Å². The summed E-state index contributed by atoms with van der Waals surface area (Å²) in [5, 5.41) is 15.6. The first kappa shape index (κ1) is 29.5. The van der Waals surface area contributed by atoms with Crippen LogP contribution in [-0.4, -0.2) is 0 Å². The van der Waals surface area contributed by atoms with Gasteiger partial charge in [-0.2, -0.15) is 0 Å². The summed E-state index contributed by atoms with van der Waals surface area (Å²) in [4.78, 5) is 0. The zero-order chi connectivity index (χ0) is 35.2. The molecule has 0 radical (unpaired) electrons. The number of benzene rings is 9. The molecule has 0 bridgehead atoms. The normalized spacial score (nSPS) is 13.1. The summed E-state index contributed by atoms with van der Waals surface area (Å²) >= 11 is 0. The van der Waals surface area contributed by atoms with E-state index in [1.54, 1.807) is 0 Å². The lowest BCUT2D eigenvalue weighted by Gasteiger charge is -2.19. The van der Waals surface area contributed by atoms with Crippen molar-refractivity contribution in [2.75, 3.05) is 0 Å². The van der Waals surface area contributed by atoms with Crippen LogP contribution in [0.1, 0.15) is 33.4 Å². The summed E-state index contributed by atoms with van der Waals surface area (Å²) < 4.78 is 0. The number of hydrogen-bond donors (Lipinski definition) is 0. The quantitative estimate of drug-likeness (QED) is 0.165. The molecule has 0 saturated carbocycles. The standard InChI is InChI=1S/C52H36/c1-7-31-32(8-2)47-25-41-34-13-10-9-12-33(34)40(23-43(41)37-15-11-14-36(31)51(37)47)45-24-44-38-19-17-29(5)50-49-30(6)20-28(4)22-46(49)48(52(38)50)26-42(44)35-18-16-27(3)21-39(35)45/h7-26H,1-2H2,3-6H3. The first-order valence-corrected chi connectivity index (χ1v) is 18.3. The summed E-state index contributed by atoms with van der Waals surface area (Å²) in [5.74, 6) is 0. The molecule has 0 N–H and O–H groups in total. The lowest BCUT2D eigenvalue weighted by atomic mass is 9.84. The van der Waals surface area contributed by atoms with Gasteiger partial charge >= 0.3 is 0 Å². The topological polar surface area (TPSA) is 0 Å². The Labute approximate surface area is 303 Å². The first-order chi connectivity index (χ1) is 25.4. The van der Waals surface area contributed by atoms with Crippen LogP contribution in [0.2, 0.25) is 0 Å². The molecule has 0 amide bonds. The molecule has 0 heteroatoms. The molecule has 9 aromatic carbocycles. The summed E-state index contributed by atoms with van der Waals surface area (Å²) in [6.07, 6.45) is 3.99. The Morgan fingerprint density at radius 3 is 1.71 bits per heavy atom. The van der Waals surface area contributed by atoms with Crippen molar-refractivity contribution in [2.24, 2.45) is 0 Å². The van der Waals surface area contributed by atoms with Crippen LogP contribution < -0.4 is 0 Å². The average Bonchev–Trinajstić information content (AvgIpc) is 3.65. The van der Waals surface area contributed by atoms with E-state index in [2.05, 4.69) is 150 Å². The van der Waals surface area contributed by atoms with Crippen LogP contribution in [0.4, 0.5) is 0 Å². The molecule has 0 aromatic heterocycles. The number of fused-ring (bicyclic) bond motifs is 11. The van der Waals surface area contributed by atoms with Crippen molar-refractivity contribution in [3.8, 4) is 33.4 Å². The van der Waals surface area contributed by atoms with Gasteiger partial charge in [-0.3, -0.25) is 0 Å². The monoisotopic (exact) mass is 660 g/mol. The predicted molar refractivity (Wildman–Crippen MR) is 227 cm³/mol. The van der Waals surface area contributed by atoms with E-state index in [4.69, 9.17) is 0 Å². The Morgan fingerprint density at radius 2 is 0.942 bits per heavy atom. The maximum atomic E-state index is 4.22. The van der Waals surface area contributed by atoms with Crippen LogP contribution in [0.3, 0.4) is 0 Å². The van der Waals surface area contributed by atoms with E-state index in [1.807, 2.05) is 12.2 Å². The summed E-state index contributed by atoms with van der Waals surface area (Å²) in [6, 6.07) is 42.1. The predicted octanol–water partition coefficient (Wildman–Crippen LogP) is 14.8. The second-order valence-electron chi connectivity index (χ2n) is 15.1. The van der Waals surface area contributed by atoms with Crippen molar-refractivity contribution in [1.82, 2.24) is 0 Å². The maximum Gasteiger partial charge on any atom is -0.00171 e. The van der Waals surface area contributed by atoms with E-state index in [-0.39, 0.29) is 0 Å². The molecule has 0 heterocycles. The fourth-order valence-corrected chi connectivity index (χ4v) is 10.1. The van der Waals surface area contributed by atoms with Crippen LogP contribution in [-0.2, 0) is 0 Å². The summed E-state index contributed by atoms with van der Waals surface area (Å²) in [5.41, 5.74) is 18.2. The van der Waals surface area contributed by atoms with Gasteiger partial charge in [-0.25, -0.2) is 0 Å². The number of allylic oxidation sites excluding steroid dienone is 4. The molecule has 11 rings (SSSR count). The highest BCUT2D eigenvalue weighted by Gasteiger charge is 2.28. The van der Waals surface area contributed by atoms with Gasteiger partial charge in [0.15, 0.2) is 0 Å². The van der Waals surface area contributed by atoms with Gasteiger partial charge in [0, 0.05) is 0 Å². The molecule has 244 valence electrons. The van der Waals surface area contributed by atoms with Crippen molar-refractivity contribution in [1.29, 1.82) is 0 Å². The number of aryl methyl sites for hydroxylation is 4. The third-order valence-corrected chi connectivity index (χ3v) is 12.2. The van der Waals surface area contributed by atoms with Gasteiger partial charge in [-0.1, -0.05) is 121 Å². The molecule has 0 fully saturated rings. The van der Waals surface area contributed by atoms with Gasteiger partial charge < -0.3 is 0 Å². The van der Waals surface area contributed by atoms with Gasteiger partial charge in [0.25, 0.3) is 0 Å². The molecule has 0 unspecified atom stereocenters. The van der Waals surface area contributed by atoms with E-state index < -0.39 is 0 Å². The molecule has 2 aliphatic rings. The highest BCUT2D eigenvalue weighted by molar-refractivity contribution is 6.32. The van der Waals surface area contributed by atoms with E-state index >= 15 is 0 Å². The fourth-order valence-electron chi connectivity index (χ4n) is 10.1. The minimum Gasteiger partial charge on any atom is -0.0984 e. The van der Waals surface area contributed by atoms with Crippen LogP contribution in [0.25, 0.3) is 109 Å². The Hall–Kier alpha value is -6.24. The second kappa shape index (κ2) is 10.2. The molecule has 52 heavy (non-hydrogen) atoms. The molecule has 0 atom stereocenters. The molecule has 0 spiro atoms.